The van der Waals surface area contributed by atoms with Crippen LogP contribution >= 0.6 is 11.3 Å². The van der Waals surface area contributed by atoms with Crippen LogP contribution in [0.25, 0.3) is 0 Å². The Bertz CT molecular complexity index is 816. The van der Waals surface area contributed by atoms with Crippen LogP contribution in [0.2, 0.25) is 0 Å². The fourth-order valence-electron chi connectivity index (χ4n) is 2.13. The molecular formula is C18H20N4O3S. The van der Waals surface area contributed by atoms with Gasteiger partial charge in [-0.1, -0.05) is 18.2 Å². The Morgan fingerprint density at radius 2 is 1.65 bits per heavy atom. The molecule has 1 aromatic carbocycles. The van der Waals surface area contributed by atoms with E-state index in [9.17, 15) is 14.4 Å². The third-order valence-electron chi connectivity index (χ3n) is 3.21. The number of hydrazone groups is 1. The fourth-order valence-corrected chi connectivity index (χ4v) is 2.83. The van der Waals surface area contributed by atoms with Gasteiger partial charge in [-0.25, -0.2) is 5.43 Å². The van der Waals surface area contributed by atoms with Crippen LogP contribution in [0.4, 0.5) is 11.4 Å². The zero-order valence-electron chi connectivity index (χ0n) is 14.5. The number of nitrogens with zero attached hydrogens (tertiary/aromatic N) is 1. The Kier molecular flexibility index (Phi) is 7.04. The molecule has 2 aromatic rings. The van der Waals surface area contributed by atoms with E-state index in [-0.39, 0.29) is 30.6 Å². The molecule has 0 unspecified atom stereocenters. The number of para-hydroxylation sites is 2. The van der Waals surface area contributed by atoms with Gasteiger partial charge in [0.1, 0.15) is 0 Å². The molecule has 0 bridgehead atoms. The first-order chi connectivity index (χ1) is 12.4. The van der Waals surface area contributed by atoms with Crippen molar-refractivity contribution >= 4 is 46.1 Å². The monoisotopic (exact) mass is 372 g/mol. The summed E-state index contributed by atoms with van der Waals surface area (Å²) >= 11 is 1.50. The van der Waals surface area contributed by atoms with E-state index in [1.807, 2.05) is 17.5 Å². The van der Waals surface area contributed by atoms with Gasteiger partial charge in [0.15, 0.2) is 0 Å². The molecule has 3 N–H and O–H groups in total. The quantitative estimate of drug-likeness (QED) is 0.515. The van der Waals surface area contributed by atoms with Crippen LogP contribution in [-0.4, -0.2) is 23.4 Å². The largest absolute Gasteiger partial charge is 0.325 e. The first-order valence-corrected chi connectivity index (χ1v) is 8.83. The highest BCUT2D eigenvalue weighted by atomic mass is 32.1. The van der Waals surface area contributed by atoms with Crippen LogP contribution in [0.1, 0.15) is 25.1 Å². The summed E-state index contributed by atoms with van der Waals surface area (Å²) in [6.07, 6.45) is 0.276. The van der Waals surface area contributed by atoms with Gasteiger partial charge in [-0.3, -0.25) is 14.4 Å². The molecule has 0 saturated carbocycles. The number of hydrogen-bond acceptors (Lipinski definition) is 5. The number of anilines is 2. The lowest BCUT2D eigenvalue weighted by Crippen LogP contribution is -2.22. The predicted octanol–water partition coefficient (Wildman–Crippen LogP) is 2.77. The van der Waals surface area contributed by atoms with Crippen LogP contribution in [0.5, 0.6) is 0 Å². The van der Waals surface area contributed by atoms with Gasteiger partial charge in [-0.2, -0.15) is 5.10 Å². The number of rotatable bonds is 7. The summed E-state index contributed by atoms with van der Waals surface area (Å²) in [5, 5.41) is 11.2. The fraction of sp³-hybridized carbons (Fsp3) is 0.222. The Morgan fingerprint density at radius 1 is 0.962 bits per heavy atom. The maximum atomic E-state index is 12.1. The van der Waals surface area contributed by atoms with Gasteiger partial charge in [0, 0.05) is 17.5 Å². The van der Waals surface area contributed by atoms with Crippen molar-refractivity contribution in [3.8, 4) is 0 Å². The second kappa shape index (κ2) is 9.47. The lowest BCUT2D eigenvalue weighted by Gasteiger charge is -2.11. The minimum atomic E-state index is -0.295. The van der Waals surface area contributed by atoms with E-state index in [4.69, 9.17) is 0 Å². The minimum Gasteiger partial charge on any atom is -0.325 e. The van der Waals surface area contributed by atoms with Crippen LogP contribution in [0.15, 0.2) is 46.9 Å². The lowest BCUT2D eigenvalue weighted by molar-refractivity contribution is -0.120. The van der Waals surface area contributed by atoms with Gasteiger partial charge >= 0.3 is 0 Å². The number of amides is 3. The molecule has 26 heavy (non-hydrogen) atoms. The molecule has 0 fully saturated rings. The van der Waals surface area contributed by atoms with Gasteiger partial charge in [-0.05, 0) is 30.5 Å². The van der Waals surface area contributed by atoms with Gasteiger partial charge in [0.25, 0.3) is 0 Å². The lowest BCUT2D eigenvalue weighted by atomic mass is 10.2. The van der Waals surface area contributed by atoms with E-state index in [0.717, 1.165) is 4.88 Å². The maximum absolute atomic E-state index is 12.1. The summed E-state index contributed by atoms with van der Waals surface area (Å²) in [6, 6.07) is 10.7. The summed E-state index contributed by atoms with van der Waals surface area (Å²) < 4.78 is 0. The molecule has 2 rings (SSSR count). The van der Waals surface area contributed by atoms with Crippen molar-refractivity contribution in [3.63, 3.8) is 0 Å². The molecule has 7 nitrogen and oxygen atoms in total. The van der Waals surface area contributed by atoms with Gasteiger partial charge in [-0.15, -0.1) is 11.3 Å². The SMILES string of the molecule is CC(=O)Nc1ccccc1NC(=O)C/C(C)=N\NC(=O)Cc1cccs1. The van der Waals surface area contributed by atoms with E-state index in [1.54, 1.807) is 31.2 Å². The number of hydrogen-bond donors (Lipinski definition) is 3. The highest BCUT2D eigenvalue weighted by Crippen LogP contribution is 2.21. The van der Waals surface area contributed by atoms with Crippen molar-refractivity contribution in [1.82, 2.24) is 5.43 Å². The van der Waals surface area contributed by atoms with E-state index in [2.05, 4.69) is 21.2 Å². The third-order valence-corrected chi connectivity index (χ3v) is 4.09. The summed E-state index contributed by atoms with van der Waals surface area (Å²) in [5.41, 5.74) is 3.94. The Morgan fingerprint density at radius 3 is 2.27 bits per heavy atom. The molecule has 0 aliphatic carbocycles. The maximum Gasteiger partial charge on any atom is 0.245 e. The average Bonchev–Trinajstić information content (AvgIpc) is 3.07. The number of nitrogens with one attached hydrogen (secondary N) is 3. The molecule has 136 valence electrons. The molecule has 0 aliphatic rings. The average molecular weight is 372 g/mol. The van der Waals surface area contributed by atoms with Gasteiger partial charge < -0.3 is 10.6 Å². The number of carbonyl (C=O) groups excluding carboxylic acids is 3. The molecule has 8 heteroatoms. The number of carbonyl (C=O) groups is 3. The van der Waals surface area contributed by atoms with Crippen LogP contribution in [0, 0.1) is 0 Å². The standard InChI is InChI=1S/C18H20N4O3S/c1-12(21-22-18(25)11-14-6-5-9-26-14)10-17(24)20-16-8-4-3-7-15(16)19-13(2)23/h3-9H,10-11H2,1-2H3,(H,19,23)(H,20,24)(H,22,25)/b21-12-. The van der Waals surface area contributed by atoms with Gasteiger partial charge in [0.05, 0.1) is 24.2 Å². The smallest absolute Gasteiger partial charge is 0.245 e. The third kappa shape index (κ3) is 6.48. The minimum absolute atomic E-state index is 0.0215. The van der Waals surface area contributed by atoms with Crippen molar-refractivity contribution in [2.75, 3.05) is 10.6 Å². The van der Waals surface area contributed by atoms with Crippen molar-refractivity contribution in [2.45, 2.75) is 26.7 Å². The van der Waals surface area contributed by atoms with Crippen LogP contribution in [-0.2, 0) is 20.8 Å². The molecule has 0 aliphatic heterocycles. The summed E-state index contributed by atoms with van der Waals surface area (Å²) in [5.74, 6) is -0.752. The van der Waals surface area contributed by atoms with Gasteiger partial charge in [0.2, 0.25) is 17.7 Å². The van der Waals surface area contributed by atoms with E-state index >= 15 is 0 Å². The van der Waals surface area contributed by atoms with Crippen LogP contribution in [0.3, 0.4) is 0 Å². The zero-order chi connectivity index (χ0) is 18.9. The van der Waals surface area contributed by atoms with Crippen molar-refractivity contribution in [3.05, 3.63) is 46.7 Å². The first-order valence-electron chi connectivity index (χ1n) is 7.95. The second-order valence-corrected chi connectivity index (χ2v) is 6.62. The molecule has 1 heterocycles. The second-order valence-electron chi connectivity index (χ2n) is 5.59. The molecule has 0 spiro atoms. The molecule has 3 amide bonds. The predicted molar refractivity (Wildman–Crippen MR) is 103 cm³/mol. The Hall–Kier alpha value is -3.00. The van der Waals surface area contributed by atoms with Crippen molar-refractivity contribution in [2.24, 2.45) is 5.10 Å². The van der Waals surface area contributed by atoms with E-state index < -0.39 is 0 Å². The highest BCUT2D eigenvalue weighted by Gasteiger charge is 2.09. The molecule has 0 saturated heterocycles. The Balaban J connectivity index is 1.87. The highest BCUT2D eigenvalue weighted by molar-refractivity contribution is 7.10. The van der Waals surface area contributed by atoms with E-state index in [1.165, 1.54) is 18.3 Å². The first kappa shape index (κ1) is 19.3. The molecular weight excluding hydrogens is 352 g/mol. The topological polar surface area (TPSA) is 99.7 Å². The summed E-state index contributed by atoms with van der Waals surface area (Å²) in [4.78, 5) is 36.1. The van der Waals surface area contributed by atoms with Crippen molar-refractivity contribution in [1.29, 1.82) is 0 Å². The summed E-state index contributed by atoms with van der Waals surface area (Å²) in [6.45, 7) is 3.05. The summed E-state index contributed by atoms with van der Waals surface area (Å²) in [7, 11) is 0. The molecule has 0 atom stereocenters. The molecule has 1 aromatic heterocycles. The Labute approximate surface area is 155 Å². The molecule has 0 radical (unpaired) electrons. The number of thiophene rings is 1. The normalized spacial score (nSPS) is 10.9. The number of benzene rings is 1. The van der Waals surface area contributed by atoms with Crippen LogP contribution < -0.4 is 16.1 Å². The zero-order valence-corrected chi connectivity index (χ0v) is 15.4. The van der Waals surface area contributed by atoms with E-state index in [0.29, 0.717) is 17.1 Å². The van der Waals surface area contributed by atoms with Crippen molar-refractivity contribution < 1.29 is 14.4 Å².